The standard InChI is InChI=1S/C16H24N4O5S/c17-16(22)13-2-4-15(25-13)26(23,24)20-9-7-19(8-10-20)14(21)3-1-12-5-6-18-11-12/h2,4,12,18H,1,3,5-11H2,(H2,17,22). The lowest BCUT2D eigenvalue weighted by molar-refractivity contribution is -0.132. The lowest BCUT2D eigenvalue weighted by atomic mass is 10.0. The summed E-state index contributed by atoms with van der Waals surface area (Å²) < 4.78 is 31.4. The van der Waals surface area contributed by atoms with Crippen LogP contribution in [-0.2, 0) is 14.8 Å². The highest BCUT2D eigenvalue weighted by atomic mass is 32.2. The molecule has 2 saturated heterocycles. The molecule has 2 fully saturated rings. The van der Waals surface area contributed by atoms with Crippen molar-refractivity contribution >= 4 is 21.8 Å². The Hall–Kier alpha value is -1.91. The number of nitrogens with zero attached hydrogens (tertiary/aromatic N) is 2. The molecule has 10 heteroatoms. The predicted molar refractivity (Wildman–Crippen MR) is 92.8 cm³/mol. The Kier molecular flexibility index (Phi) is 5.64. The molecule has 0 saturated carbocycles. The highest BCUT2D eigenvalue weighted by Crippen LogP contribution is 2.21. The van der Waals surface area contributed by atoms with Crippen LogP contribution in [0, 0.1) is 5.92 Å². The number of hydrogen-bond acceptors (Lipinski definition) is 6. The average molecular weight is 384 g/mol. The molecule has 1 atom stereocenters. The van der Waals surface area contributed by atoms with Gasteiger partial charge in [-0.15, -0.1) is 0 Å². The molecule has 0 bridgehead atoms. The maximum absolute atomic E-state index is 12.6. The van der Waals surface area contributed by atoms with Crippen LogP contribution in [-0.4, -0.2) is 68.7 Å². The van der Waals surface area contributed by atoms with Crippen molar-refractivity contribution in [1.29, 1.82) is 0 Å². The van der Waals surface area contributed by atoms with Crippen LogP contribution in [0.2, 0.25) is 0 Å². The fourth-order valence-electron chi connectivity index (χ4n) is 3.34. The molecule has 2 aliphatic rings. The molecule has 3 heterocycles. The Bertz CT molecular complexity index is 761. The normalized spacial score (nSPS) is 21.8. The minimum Gasteiger partial charge on any atom is -0.438 e. The molecule has 3 N–H and O–H groups in total. The van der Waals surface area contributed by atoms with Crippen LogP contribution in [0.3, 0.4) is 0 Å². The van der Waals surface area contributed by atoms with Crippen molar-refractivity contribution in [2.75, 3.05) is 39.3 Å². The molecular weight excluding hydrogens is 360 g/mol. The number of sulfonamides is 1. The van der Waals surface area contributed by atoms with Crippen molar-refractivity contribution in [1.82, 2.24) is 14.5 Å². The lowest BCUT2D eigenvalue weighted by Gasteiger charge is -2.33. The summed E-state index contributed by atoms with van der Waals surface area (Å²) in [5.74, 6) is -0.389. The van der Waals surface area contributed by atoms with Crippen LogP contribution in [0.15, 0.2) is 21.6 Å². The molecule has 144 valence electrons. The molecule has 3 rings (SSSR count). The van der Waals surface area contributed by atoms with E-state index in [0.717, 1.165) is 25.9 Å². The van der Waals surface area contributed by atoms with Gasteiger partial charge in [0.1, 0.15) is 0 Å². The molecule has 2 amide bonds. The number of furan rings is 1. The molecule has 2 aliphatic heterocycles. The second kappa shape index (κ2) is 7.77. The molecule has 0 aromatic carbocycles. The molecule has 0 aliphatic carbocycles. The van der Waals surface area contributed by atoms with Gasteiger partial charge in [0.25, 0.3) is 15.9 Å². The number of amides is 2. The number of nitrogens with two attached hydrogens (primary N) is 1. The van der Waals surface area contributed by atoms with Crippen molar-refractivity contribution in [3.63, 3.8) is 0 Å². The second-order valence-electron chi connectivity index (χ2n) is 6.67. The van der Waals surface area contributed by atoms with Gasteiger partial charge < -0.3 is 20.4 Å². The monoisotopic (exact) mass is 384 g/mol. The summed E-state index contributed by atoms with van der Waals surface area (Å²) in [5, 5.41) is 2.98. The molecular formula is C16H24N4O5S. The summed E-state index contributed by atoms with van der Waals surface area (Å²) in [7, 11) is -3.84. The van der Waals surface area contributed by atoms with Gasteiger partial charge in [-0.3, -0.25) is 9.59 Å². The number of rotatable bonds is 6. The highest BCUT2D eigenvalue weighted by Gasteiger charge is 2.32. The first-order valence-corrected chi connectivity index (χ1v) is 10.2. The fraction of sp³-hybridized carbons (Fsp3) is 0.625. The summed E-state index contributed by atoms with van der Waals surface area (Å²) in [5.41, 5.74) is 5.08. The third-order valence-electron chi connectivity index (χ3n) is 4.94. The van der Waals surface area contributed by atoms with Crippen molar-refractivity contribution < 1.29 is 22.4 Å². The molecule has 0 radical (unpaired) electrons. The van der Waals surface area contributed by atoms with E-state index < -0.39 is 15.9 Å². The van der Waals surface area contributed by atoms with Gasteiger partial charge in [-0.05, 0) is 44.0 Å². The summed E-state index contributed by atoms with van der Waals surface area (Å²) >= 11 is 0. The van der Waals surface area contributed by atoms with E-state index in [1.807, 2.05) is 0 Å². The highest BCUT2D eigenvalue weighted by molar-refractivity contribution is 7.89. The van der Waals surface area contributed by atoms with Crippen LogP contribution in [0.5, 0.6) is 0 Å². The van der Waals surface area contributed by atoms with Gasteiger partial charge >= 0.3 is 0 Å². The molecule has 0 spiro atoms. The fourth-order valence-corrected chi connectivity index (χ4v) is 4.68. The van der Waals surface area contributed by atoms with Gasteiger partial charge in [0.05, 0.1) is 0 Å². The predicted octanol–water partition coefficient (Wildman–Crippen LogP) is -0.399. The van der Waals surface area contributed by atoms with Crippen molar-refractivity contribution in [3.8, 4) is 0 Å². The average Bonchev–Trinajstić information content (AvgIpc) is 3.31. The van der Waals surface area contributed by atoms with Gasteiger partial charge in [-0.2, -0.15) is 4.31 Å². The van der Waals surface area contributed by atoms with Crippen LogP contribution >= 0.6 is 0 Å². The Morgan fingerprint density at radius 1 is 1.23 bits per heavy atom. The van der Waals surface area contributed by atoms with Crippen LogP contribution in [0.4, 0.5) is 0 Å². The third-order valence-corrected chi connectivity index (χ3v) is 6.71. The Balaban J connectivity index is 1.53. The molecule has 1 aromatic rings. The minimum absolute atomic E-state index is 0.0722. The zero-order valence-corrected chi connectivity index (χ0v) is 15.3. The summed E-state index contributed by atoms with van der Waals surface area (Å²) in [6.07, 6.45) is 2.47. The van der Waals surface area contributed by atoms with Crippen molar-refractivity contribution in [2.45, 2.75) is 24.4 Å². The van der Waals surface area contributed by atoms with E-state index in [4.69, 9.17) is 10.2 Å². The molecule has 1 aromatic heterocycles. The van der Waals surface area contributed by atoms with Gasteiger partial charge in [0.2, 0.25) is 11.0 Å². The second-order valence-corrected chi connectivity index (χ2v) is 8.53. The van der Waals surface area contributed by atoms with Crippen LogP contribution in [0.25, 0.3) is 0 Å². The topological polar surface area (TPSA) is 126 Å². The van der Waals surface area contributed by atoms with Crippen LogP contribution in [0.1, 0.15) is 29.8 Å². The smallest absolute Gasteiger partial charge is 0.284 e. The SMILES string of the molecule is NC(=O)c1ccc(S(=O)(=O)N2CCN(C(=O)CCC3CCNC3)CC2)o1. The van der Waals surface area contributed by atoms with Gasteiger partial charge in [0.15, 0.2) is 5.76 Å². The van der Waals surface area contributed by atoms with Crippen molar-refractivity contribution in [3.05, 3.63) is 17.9 Å². The van der Waals surface area contributed by atoms with E-state index in [-0.39, 0.29) is 29.8 Å². The maximum Gasteiger partial charge on any atom is 0.284 e. The maximum atomic E-state index is 12.6. The van der Waals surface area contributed by atoms with E-state index in [0.29, 0.717) is 25.4 Å². The number of hydrogen-bond donors (Lipinski definition) is 2. The Labute approximate surface area is 152 Å². The van der Waals surface area contributed by atoms with E-state index in [2.05, 4.69) is 5.32 Å². The number of carbonyl (C=O) groups is 2. The van der Waals surface area contributed by atoms with Gasteiger partial charge in [0, 0.05) is 32.6 Å². The number of carbonyl (C=O) groups excluding carboxylic acids is 2. The van der Waals surface area contributed by atoms with E-state index in [9.17, 15) is 18.0 Å². The number of piperazine rings is 1. The number of primary amides is 1. The van der Waals surface area contributed by atoms with E-state index >= 15 is 0 Å². The lowest BCUT2D eigenvalue weighted by Crippen LogP contribution is -2.50. The van der Waals surface area contributed by atoms with Crippen molar-refractivity contribution in [2.24, 2.45) is 11.7 Å². The summed E-state index contributed by atoms with van der Waals surface area (Å²) in [4.78, 5) is 25.1. The molecule has 26 heavy (non-hydrogen) atoms. The largest absolute Gasteiger partial charge is 0.438 e. The Morgan fingerprint density at radius 3 is 2.54 bits per heavy atom. The van der Waals surface area contributed by atoms with Gasteiger partial charge in [-0.1, -0.05) is 0 Å². The van der Waals surface area contributed by atoms with E-state index in [1.54, 1.807) is 4.90 Å². The zero-order chi connectivity index (χ0) is 18.7. The first kappa shape index (κ1) is 18.9. The first-order chi connectivity index (χ1) is 12.4. The van der Waals surface area contributed by atoms with Gasteiger partial charge in [-0.25, -0.2) is 8.42 Å². The quantitative estimate of drug-likeness (QED) is 0.687. The minimum atomic E-state index is -3.84. The Morgan fingerprint density at radius 2 is 1.96 bits per heavy atom. The van der Waals surface area contributed by atoms with Crippen LogP contribution < -0.4 is 11.1 Å². The third kappa shape index (κ3) is 4.08. The molecule has 1 unspecified atom stereocenters. The summed E-state index contributed by atoms with van der Waals surface area (Å²) in [6.45, 7) is 3.08. The molecule has 9 nitrogen and oxygen atoms in total. The summed E-state index contributed by atoms with van der Waals surface area (Å²) in [6, 6.07) is 2.47. The van der Waals surface area contributed by atoms with E-state index in [1.165, 1.54) is 16.4 Å². The number of nitrogens with one attached hydrogen (secondary N) is 1. The zero-order valence-electron chi connectivity index (χ0n) is 14.5. The first-order valence-electron chi connectivity index (χ1n) is 8.76.